The average Bonchev–Trinajstić information content (AvgIpc) is 3.42. The number of nitrogens with one attached hydrogen (secondary N) is 1. The molecule has 1 N–H and O–H groups in total. The molecule has 1 aliphatic rings. The third-order valence-electron chi connectivity index (χ3n) is 6.97. The van der Waals surface area contributed by atoms with E-state index in [4.69, 9.17) is 9.84 Å². The normalized spacial score (nSPS) is 14.9. The minimum Gasteiger partial charge on any atom is -0.497 e. The molecule has 1 unspecified atom stereocenters. The number of carbonyl (C=O) groups excluding carboxylic acids is 1. The van der Waals surface area contributed by atoms with Gasteiger partial charge in [-0.1, -0.05) is 76.6 Å². The van der Waals surface area contributed by atoms with E-state index in [1.165, 1.54) is 5.01 Å². The van der Waals surface area contributed by atoms with Crippen LogP contribution in [0.3, 0.4) is 0 Å². The first-order valence-corrected chi connectivity index (χ1v) is 13.3. The highest BCUT2D eigenvalue weighted by molar-refractivity contribution is 9.10. The van der Waals surface area contributed by atoms with Crippen LogP contribution in [0.5, 0.6) is 5.75 Å². The first-order valence-electron chi connectivity index (χ1n) is 12.5. The third-order valence-corrected chi connectivity index (χ3v) is 7.46. The summed E-state index contributed by atoms with van der Waals surface area (Å²) >= 11 is 3.59. The highest BCUT2D eigenvalue weighted by atomic mass is 79.9. The maximum Gasteiger partial charge on any atom is 0.274 e. The van der Waals surface area contributed by atoms with E-state index in [9.17, 15) is 9.59 Å². The Morgan fingerprint density at radius 2 is 1.62 bits per heavy atom. The Morgan fingerprint density at radius 1 is 0.923 bits per heavy atom. The first-order chi connectivity index (χ1) is 19.0. The van der Waals surface area contributed by atoms with Crippen molar-refractivity contribution in [3.8, 4) is 16.9 Å². The van der Waals surface area contributed by atoms with Gasteiger partial charge in [0.1, 0.15) is 5.75 Å². The van der Waals surface area contributed by atoms with Crippen LogP contribution >= 0.6 is 15.9 Å². The molecule has 6 rings (SSSR count). The number of hydrazone groups is 1. The summed E-state index contributed by atoms with van der Waals surface area (Å²) in [5, 5.41) is 7.24. The fourth-order valence-corrected chi connectivity index (χ4v) is 5.45. The maximum absolute atomic E-state index is 13.7. The number of benzene rings is 4. The predicted octanol–water partition coefficient (Wildman–Crippen LogP) is 6.96. The summed E-state index contributed by atoms with van der Waals surface area (Å²) < 4.78 is 6.24. The van der Waals surface area contributed by atoms with Crippen molar-refractivity contribution >= 4 is 38.5 Å². The molecular formula is C32H24BrN3O3. The molecule has 0 saturated heterocycles. The molecule has 5 aromatic rings. The van der Waals surface area contributed by atoms with E-state index in [2.05, 4.69) is 20.9 Å². The Hall–Kier alpha value is -4.49. The Morgan fingerprint density at radius 3 is 2.31 bits per heavy atom. The highest BCUT2D eigenvalue weighted by Crippen LogP contribution is 2.38. The van der Waals surface area contributed by atoms with Crippen LogP contribution in [0.2, 0.25) is 0 Å². The van der Waals surface area contributed by atoms with E-state index >= 15 is 0 Å². The molecule has 1 amide bonds. The minimum absolute atomic E-state index is 0.229. The number of rotatable bonds is 5. The summed E-state index contributed by atoms with van der Waals surface area (Å²) in [6.07, 6.45) is 0.382. The molecule has 6 nitrogen and oxygen atoms in total. The molecule has 1 atom stereocenters. The second-order valence-corrected chi connectivity index (χ2v) is 10.2. The van der Waals surface area contributed by atoms with E-state index in [1.807, 2.05) is 91.0 Å². The fourth-order valence-electron chi connectivity index (χ4n) is 5.09. The van der Waals surface area contributed by atoms with Gasteiger partial charge in [0, 0.05) is 32.9 Å². The molecule has 4 aromatic carbocycles. The molecule has 2 heterocycles. The van der Waals surface area contributed by atoms with Gasteiger partial charge in [-0.25, -0.2) is 5.01 Å². The number of ether oxygens (including phenoxy) is 1. The lowest BCUT2D eigenvalue weighted by Gasteiger charge is -2.22. The van der Waals surface area contributed by atoms with Gasteiger partial charge in [0.15, 0.2) is 0 Å². The number of hydrogen-bond donors (Lipinski definition) is 1. The van der Waals surface area contributed by atoms with Crippen molar-refractivity contribution in [2.45, 2.75) is 12.5 Å². The molecule has 0 saturated carbocycles. The number of pyridine rings is 1. The van der Waals surface area contributed by atoms with Crippen LogP contribution in [0.1, 0.15) is 33.9 Å². The van der Waals surface area contributed by atoms with Crippen LogP contribution in [-0.4, -0.2) is 28.7 Å². The van der Waals surface area contributed by atoms with Crippen LogP contribution in [0, 0.1) is 0 Å². The standard InChI is InChI=1S/C32H24BrN3O3/c1-39-24-15-12-20(13-16-24)28-19-27(35-36(28)32(38)22-10-6-3-7-11-22)30-29(21-8-4-2-5-9-21)25-18-23(33)14-17-26(25)34-31(30)37/h2-18,28H,19H2,1H3,(H,34,37). The second kappa shape index (κ2) is 10.3. The fraction of sp³-hybridized carbons (Fsp3) is 0.0938. The smallest absolute Gasteiger partial charge is 0.274 e. The molecule has 0 aliphatic carbocycles. The average molecular weight is 578 g/mol. The van der Waals surface area contributed by atoms with Crippen LogP contribution in [-0.2, 0) is 0 Å². The number of hydrogen-bond acceptors (Lipinski definition) is 4. The lowest BCUT2D eigenvalue weighted by Crippen LogP contribution is -2.27. The molecule has 39 heavy (non-hydrogen) atoms. The van der Waals surface area contributed by atoms with Crippen LogP contribution in [0.4, 0.5) is 0 Å². The molecule has 0 fully saturated rings. The molecular weight excluding hydrogens is 554 g/mol. The molecule has 192 valence electrons. The van der Waals surface area contributed by atoms with Gasteiger partial charge in [-0.3, -0.25) is 9.59 Å². The quantitative estimate of drug-likeness (QED) is 0.245. The van der Waals surface area contributed by atoms with Gasteiger partial charge < -0.3 is 9.72 Å². The van der Waals surface area contributed by atoms with Gasteiger partial charge >= 0.3 is 0 Å². The van der Waals surface area contributed by atoms with E-state index in [0.29, 0.717) is 23.3 Å². The van der Waals surface area contributed by atoms with Gasteiger partial charge in [0.25, 0.3) is 11.5 Å². The number of halogens is 1. The summed E-state index contributed by atoms with van der Waals surface area (Å²) in [6.45, 7) is 0. The summed E-state index contributed by atoms with van der Waals surface area (Å²) in [4.78, 5) is 30.5. The van der Waals surface area contributed by atoms with Gasteiger partial charge in [-0.15, -0.1) is 0 Å². The Bertz CT molecular complexity index is 1760. The summed E-state index contributed by atoms with van der Waals surface area (Å²) in [7, 11) is 1.62. The Balaban J connectivity index is 1.56. The number of fused-ring (bicyclic) bond motifs is 1. The zero-order valence-electron chi connectivity index (χ0n) is 21.1. The lowest BCUT2D eigenvalue weighted by atomic mass is 9.91. The number of methoxy groups -OCH3 is 1. The van der Waals surface area contributed by atoms with Crippen molar-refractivity contribution in [1.82, 2.24) is 9.99 Å². The van der Waals surface area contributed by atoms with Gasteiger partial charge in [-0.2, -0.15) is 5.10 Å². The van der Waals surface area contributed by atoms with Crippen molar-refractivity contribution in [2.24, 2.45) is 5.10 Å². The molecule has 1 aliphatic heterocycles. The largest absolute Gasteiger partial charge is 0.497 e. The van der Waals surface area contributed by atoms with Crippen molar-refractivity contribution in [3.05, 3.63) is 135 Å². The van der Waals surface area contributed by atoms with E-state index in [-0.39, 0.29) is 17.5 Å². The van der Waals surface area contributed by atoms with Crippen LogP contribution in [0.15, 0.2) is 117 Å². The summed E-state index contributed by atoms with van der Waals surface area (Å²) in [5.41, 5.74) is 4.63. The Labute approximate surface area is 233 Å². The van der Waals surface area contributed by atoms with Gasteiger partial charge in [0.2, 0.25) is 0 Å². The Kier molecular flexibility index (Phi) is 6.59. The van der Waals surface area contributed by atoms with Crippen molar-refractivity contribution in [1.29, 1.82) is 0 Å². The van der Waals surface area contributed by atoms with Crippen molar-refractivity contribution < 1.29 is 9.53 Å². The summed E-state index contributed by atoms with van der Waals surface area (Å²) in [6, 6.07) is 31.9. The van der Waals surface area contributed by atoms with Crippen LogP contribution in [0.25, 0.3) is 22.0 Å². The van der Waals surface area contributed by atoms with Gasteiger partial charge in [-0.05, 0) is 53.6 Å². The number of aromatic nitrogens is 1. The molecule has 1 aromatic heterocycles. The molecule has 0 spiro atoms. The molecule has 0 bridgehead atoms. The van der Waals surface area contributed by atoms with E-state index in [0.717, 1.165) is 37.8 Å². The molecule has 0 radical (unpaired) electrons. The first kappa shape index (κ1) is 24.8. The van der Waals surface area contributed by atoms with E-state index < -0.39 is 0 Å². The zero-order chi connectivity index (χ0) is 26.9. The monoisotopic (exact) mass is 577 g/mol. The third kappa shape index (κ3) is 4.66. The number of carbonyl (C=O) groups is 1. The minimum atomic E-state index is -0.389. The maximum atomic E-state index is 13.7. The van der Waals surface area contributed by atoms with E-state index in [1.54, 1.807) is 19.2 Å². The summed E-state index contributed by atoms with van der Waals surface area (Å²) in [5.74, 6) is 0.495. The number of amides is 1. The number of nitrogens with zero attached hydrogens (tertiary/aromatic N) is 2. The lowest BCUT2D eigenvalue weighted by molar-refractivity contribution is 0.0711. The second-order valence-electron chi connectivity index (χ2n) is 9.32. The number of H-pyrrole nitrogens is 1. The zero-order valence-corrected chi connectivity index (χ0v) is 22.7. The highest BCUT2D eigenvalue weighted by Gasteiger charge is 2.36. The topological polar surface area (TPSA) is 74.8 Å². The van der Waals surface area contributed by atoms with Crippen LogP contribution < -0.4 is 10.3 Å². The SMILES string of the molecule is COc1ccc(C2CC(c3c(-c4ccccc4)c4cc(Br)ccc4[nH]c3=O)=NN2C(=O)c2ccccc2)cc1. The predicted molar refractivity (Wildman–Crippen MR) is 157 cm³/mol. The van der Waals surface area contributed by atoms with Crippen molar-refractivity contribution in [3.63, 3.8) is 0 Å². The molecule has 7 heteroatoms. The van der Waals surface area contributed by atoms with Gasteiger partial charge in [0.05, 0.1) is 24.4 Å². The number of aromatic amines is 1. The van der Waals surface area contributed by atoms with Crippen molar-refractivity contribution in [2.75, 3.05) is 7.11 Å².